The molecule has 5 heteroatoms. The maximum absolute atomic E-state index is 6.23. The van der Waals surface area contributed by atoms with Crippen molar-refractivity contribution in [2.24, 2.45) is 5.92 Å². The number of ether oxygens (including phenoxy) is 1. The van der Waals surface area contributed by atoms with Crippen molar-refractivity contribution in [3.05, 3.63) is 22.8 Å². The molecule has 0 aromatic carbocycles. The second-order valence-corrected chi connectivity index (χ2v) is 5.39. The van der Waals surface area contributed by atoms with Gasteiger partial charge in [-0.1, -0.05) is 11.6 Å². The Bertz CT molecular complexity index is 395. The number of alkyl halides is 1. The Labute approximate surface area is 118 Å². The van der Waals surface area contributed by atoms with E-state index < -0.39 is 0 Å². The van der Waals surface area contributed by atoms with Gasteiger partial charge in [0.25, 0.3) is 0 Å². The Morgan fingerprint density at radius 1 is 1.44 bits per heavy atom. The van der Waals surface area contributed by atoms with Gasteiger partial charge in [0, 0.05) is 38.9 Å². The number of pyridine rings is 1. The molecule has 1 aromatic heterocycles. The van der Waals surface area contributed by atoms with E-state index in [9.17, 15) is 0 Å². The summed E-state index contributed by atoms with van der Waals surface area (Å²) in [6, 6.07) is 1.89. The van der Waals surface area contributed by atoms with Gasteiger partial charge >= 0.3 is 0 Å². The fourth-order valence-corrected chi connectivity index (χ4v) is 2.71. The van der Waals surface area contributed by atoms with Gasteiger partial charge in [-0.05, 0) is 30.4 Å². The highest BCUT2D eigenvalue weighted by molar-refractivity contribution is 6.33. The van der Waals surface area contributed by atoms with E-state index in [1.807, 2.05) is 13.1 Å². The van der Waals surface area contributed by atoms with Crippen LogP contribution in [-0.2, 0) is 10.6 Å². The lowest BCUT2D eigenvalue weighted by molar-refractivity contribution is 0.0685. The Morgan fingerprint density at radius 2 is 2.17 bits per heavy atom. The van der Waals surface area contributed by atoms with Crippen LogP contribution in [0, 0.1) is 5.92 Å². The van der Waals surface area contributed by atoms with Crippen LogP contribution in [0.4, 0.5) is 5.82 Å². The summed E-state index contributed by atoms with van der Waals surface area (Å²) in [6.07, 6.45) is 4.01. The molecular formula is C13H18Cl2N2O. The van der Waals surface area contributed by atoms with E-state index in [1.54, 1.807) is 6.20 Å². The second-order valence-electron chi connectivity index (χ2n) is 4.72. The third-order valence-corrected chi connectivity index (χ3v) is 3.85. The molecule has 1 aliphatic rings. The minimum Gasteiger partial charge on any atom is -0.381 e. The molecule has 18 heavy (non-hydrogen) atoms. The van der Waals surface area contributed by atoms with Gasteiger partial charge in [-0.3, -0.25) is 0 Å². The van der Waals surface area contributed by atoms with Crippen LogP contribution < -0.4 is 4.90 Å². The Kier molecular flexibility index (Phi) is 5.10. The lowest BCUT2D eigenvalue weighted by atomic mass is 10.00. The van der Waals surface area contributed by atoms with Crippen LogP contribution in [0.2, 0.25) is 5.02 Å². The maximum atomic E-state index is 6.23. The van der Waals surface area contributed by atoms with Crippen molar-refractivity contribution >= 4 is 29.0 Å². The van der Waals surface area contributed by atoms with Crippen molar-refractivity contribution < 1.29 is 4.74 Å². The number of anilines is 1. The summed E-state index contributed by atoms with van der Waals surface area (Å²) in [5, 5.41) is 0.669. The van der Waals surface area contributed by atoms with Crippen LogP contribution in [0.5, 0.6) is 0 Å². The topological polar surface area (TPSA) is 25.4 Å². The minimum absolute atomic E-state index is 0.441. The van der Waals surface area contributed by atoms with Crippen LogP contribution in [0.1, 0.15) is 18.4 Å². The van der Waals surface area contributed by atoms with Crippen molar-refractivity contribution in [1.82, 2.24) is 4.98 Å². The molecule has 0 aliphatic carbocycles. The van der Waals surface area contributed by atoms with Crippen LogP contribution in [0.15, 0.2) is 12.3 Å². The van der Waals surface area contributed by atoms with E-state index in [0.29, 0.717) is 16.8 Å². The standard InChI is InChI=1S/C13H18Cl2N2O/c1-17(9-10-2-4-18-5-3-10)13-12(15)6-11(7-14)8-16-13/h6,8,10H,2-5,7,9H2,1H3. The monoisotopic (exact) mass is 288 g/mol. The summed E-state index contributed by atoms with van der Waals surface area (Å²) in [7, 11) is 2.03. The molecule has 2 rings (SSSR count). The predicted octanol–water partition coefficient (Wildman–Crippen LogP) is 3.34. The number of hydrogen-bond acceptors (Lipinski definition) is 3. The highest BCUT2D eigenvalue weighted by Gasteiger charge is 2.17. The second kappa shape index (κ2) is 6.60. The maximum Gasteiger partial charge on any atom is 0.147 e. The van der Waals surface area contributed by atoms with E-state index >= 15 is 0 Å². The summed E-state index contributed by atoms with van der Waals surface area (Å²) in [5.41, 5.74) is 0.949. The summed E-state index contributed by atoms with van der Waals surface area (Å²) in [5.74, 6) is 1.93. The van der Waals surface area contributed by atoms with E-state index in [1.165, 1.54) is 0 Å². The van der Waals surface area contributed by atoms with Crippen LogP contribution in [0.3, 0.4) is 0 Å². The summed E-state index contributed by atoms with van der Waals surface area (Å²) < 4.78 is 5.37. The first-order valence-corrected chi connectivity index (χ1v) is 7.11. The molecule has 1 aliphatic heterocycles. The number of aromatic nitrogens is 1. The minimum atomic E-state index is 0.441. The zero-order valence-corrected chi connectivity index (χ0v) is 12.0. The molecule has 1 saturated heterocycles. The van der Waals surface area contributed by atoms with Crippen molar-refractivity contribution in [2.45, 2.75) is 18.7 Å². The zero-order valence-electron chi connectivity index (χ0n) is 10.5. The predicted molar refractivity (Wildman–Crippen MR) is 75.6 cm³/mol. The van der Waals surface area contributed by atoms with Crippen molar-refractivity contribution in [3.63, 3.8) is 0 Å². The lowest BCUT2D eigenvalue weighted by Crippen LogP contribution is -2.30. The summed E-state index contributed by atoms with van der Waals surface area (Å²) in [6.45, 7) is 2.70. The molecule has 0 spiro atoms. The van der Waals surface area contributed by atoms with Crippen molar-refractivity contribution in [2.75, 3.05) is 31.7 Å². The summed E-state index contributed by atoms with van der Waals surface area (Å²) >= 11 is 12.0. The van der Waals surface area contributed by atoms with E-state index in [0.717, 1.165) is 44.0 Å². The number of rotatable bonds is 4. The molecule has 0 amide bonds. The molecule has 1 fully saturated rings. The third-order valence-electron chi connectivity index (χ3n) is 3.27. The Balaban J connectivity index is 2.01. The average Bonchev–Trinajstić information content (AvgIpc) is 2.39. The molecule has 3 nitrogen and oxygen atoms in total. The first kappa shape index (κ1) is 13.9. The number of nitrogens with zero attached hydrogens (tertiary/aromatic N) is 2. The smallest absolute Gasteiger partial charge is 0.147 e. The van der Waals surface area contributed by atoms with E-state index in [-0.39, 0.29) is 0 Å². The van der Waals surface area contributed by atoms with Gasteiger partial charge in [0.15, 0.2) is 0 Å². The van der Waals surface area contributed by atoms with Crippen LogP contribution in [0.25, 0.3) is 0 Å². The first-order valence-electron chi connectivity index (χ1n) is 6.20. The SMILES string of the molecule is CN(CC1CCOCC1)c1ncc(CCl)cc1Cl. The molecule has 0 unspecified atom stereocenters. The molecule has 0 atom stereocenters. The molecule has 0 radical (unpaired) electrons. The first-order chi connectivity index (χ1) is 8.70. The van der Waals surface area contributed by atoms with E-state index in [2.05, 4.69) is 9.88 Å². The van der Waals surface area contributed by atoms with E-state index in [4.69, 9.17) is 27.9 Å². The molecule has 100 valence electrons. The van der Waals surface area contributed by atoms with Crippen molar-refractivity contribution in [3.8, 4) is 0 Å². The lowest BCUT2D eigenvalue weighted by Gasteiger charge is -2.28. The fourth-order valence-electron chi connectivity index (χ4n) is 2.23. The zero-order chi connectivity index (χ0) is 13.0. The summed E-state index contributed by atoms with van der Waals surface area (Å²) in [4.78, 5) is 6.51. The van der Waals surface area contributed by atoms with Gasteiger partial charge < -0.3 is 9.64 Å². The largest absolute Gasteiger partial charge is 0.381 e. The molecule has 0 bridgehead atoms. The van der Waals surface area contributed by atoms with Gasteiger partial charge in [-0.2, -0.15) is 0 Å². The van der Waals surface area contributed by atoms with Gasteiger partial charge in [-0.15, -0.1) is 11.6 Å². The van der Waals surface area contributed by atoms with Crippen LogP contribution in [-0.4, -0.2) is 31.8 Å². The average molecular weight is 289 g/mol. The molecule has 0 saturated carbocycles. The quantitative estimate of drug-likeness (QED) is 0.795. The third kappa shape index (κ3) is 3.50. The molecular weight excluding hydrogens is 271 g/mol. The fraction of sp³-hybridized carbons (Fsp3) is 0.615. The molecule has 0 N–H and O–H groups in total. The van der Waals surface area contributed by atoms with Gasteiger partial charge in [0.2, 0.25) is 0 Å². The van der Waals surface area contributed by atoms with Gasteiger partial charge in [-0.25, -0.2) is 4.98 Å². The highest BCUT2D eigenvalue weighted by Crippen LogP contribution is 2.26. The van der Waals surface area contributed by atoms with Gasteiger partial charge in [0.1, 0.15) is 5.82 Å². The van der Waals surface area contributed by atoms with Crippen LogP contribution >= 0.6 is 23.2 Å². The normalized spacial score (nSPS) is 16.8. The highest BCUT2D eigenvalue weighted by atomic mass is 35.5. The molecule has 1 aromatic rings. The van der Waals surface area contributed by atoms with Crippen molar-refractivity contribution in [1.29, 1.82) is 0 Å². The number of halogens is 2. The Hall–Kier alpha value is -0.510. The number of hydrogen-bond donors (Lipinski definition) is 0. The molecule has 2 heterocycles. The van der Waals surface area contributed by atoms with Gasteiger partial charge in [0.05, 0.1) is 5.02 Å². The Morgan fingerprint density at radius 3 is 2.78 bits per heavy atom.